The Balaban J connectivity index is 1.95. The number of halogens is 1. The average Bonchev–Trinajstić information content (AvgIpc) is 2.98. The Morgan fingerprint density at radius 3 is 2.61 bits per heavy atom. The molecule has 0 aliphatic carbocycles. The number of aromatic nitrogens is 2. The highest BCUT2D eigenvalue weighted by molar-refractivity contribution is 9.10. The third-order valence-corrected chi connectivity index (χ3v) is 3.11. The van der Waals surface area contributed by atoms with Gasteiger partial charge in [-0.15, -0.1) is 0 Å². The fourth-order valence-corrected chi connectivity index (χ4v) is 1.96. The van der Waals surface area contributed by atoms with Gasteiger partial charge >= 0.3 is 0 Å². The van der Waals surface area contributed by atoms with Gasteiger partial charge < -0.3 is 4.98 Å². The molecule has 3 rings (SSSR count). The van der Waals surface area contributed by atoms with Crippen molar-refractivity contribution in [3.05, 3.63) is 46.8 Å². The zero-order chi connectivity index (χ0) is 12.5. The van der Waals surface area contributed by atoms with Crippen molar-refractivity contribution in [3.63, 3.8) is 0 Å². The molecular formula is C13H8BrN3O. The van der Waals surface area contributed by atoms with Crippen LogP contribution in [0.1, 0.15) is 5.82 Å². The molecule has 4 nitrogen and oxygen atoms in total. The van der Waals surface area contributed by atoms with Crippen LogP contribution in [0, 0.1) is 0 Å². The second-order valence-corrected chi connectivity index (χ2v) is 4.76. The molecular weight excluding hydrogens is 294 g/mol. The van der Waals surface area contributed by atoms with Gasteiger partial charge in [-0.05, 0) is 17.7 Å². The van der Waals surface area contributed by atoms with E-state index in [-0.39, 0.29) is 5.78 Å². The first kappa shape index (κ1) is 11.1. The monoisotopic (exact) mass is 301 g/mol. The Labute approximate surface area is 112 Å². The molecule has 1 N–H and O–H groups in total. The minimum atomic E-state index is -0.105. The lowest BCUT2D eigenvalue weighted by atomic mass is 10.2. The summed E-state index contributed by atoms with van der Waals surface area (Å²) in [5.41, 5.74) is 2.50. The van der Waals surface area contributed by atoms with Crippen LogP contribution in [0.2, 0.25) is 0 Å². The minimum Gasteiger partial charge on any atom is -0.337 e. The van der Waals surface area contributed by atoms with Gasteiger partial charge in [0.25, 0.3) is 0 Å². The van der Waals surface area contributed by atoms with Crippen LogP contribution in [0.5, 0.6) is 0 Å². The van der Waals surface area contributed by atoms with Gasteiger partial charge in [0.15, 0.2) is 11.6 Å². The number of nitrogens with zero attached hydrogens (tertiary/aromatic N) is 2. The van der Waals surface area contributed by atoms with Crippen molar-refractivity contribution in [1.29, 1.82) is 0 Å². The molecule has 1 aliphatic heterocycles. The molecule has 0 saturated carbocycles. The summed E-state index contributed by atoms with van der Waals surface area (Å²) >= 11 is 3.39. The Kier molecular flexibility index (Phi) is 2.68. The van der Waals surface area contributed by atoms with Crippen molar-refractivity contribution in [3.8, 4) is 11.3 Å². The number of rotatable bonds is 2. The number of nitrogens with one attached hydrogen (secondary N) is 1. The van der Waals surface area contributed by atoms with Crippen molar-refractivity contribution >= 4 is 33.6 Å². The predicted octanol–water partition coefficient (Wildman–Crippen LogP) is 2.83. The van der Waals surface area contributed by atoms with E-state index >= 15 is 0 Å². The number of carbonyl (C=O) groups is 1. The summed E-state index contributed by atoms with van der Waals surface area (Å²) in [6, 6.07) is 7.90. The van der Waals surface area contributed by atoms with E-state index in [0.717, 1.165) is 15.7 Å². The van der Waals surface area contributed by atoms with Crippen LogP contribution in [0.4, 0.5) is 0 Å². The largest absolute Gasteiger partial charge is 0.337 e. The van der Waals surface area contributed by atoms with Crippen molar-refractivity contribution < 1.29 is 4.79 Å². The van der Waals surface area contributed by atoms with E-state index in [4.69, 9.17) is 0 Å². The number of hydrogen-bond donors (Lipinski definition) is 1. The molecule has 2 aromatic rings. The first-order valence-corrected chi connectivity index (χ1v) is 6.13. The SMILES string of the molecule is O=C1C=NC(c2ncc(-c3ccc(Br)cc3)[nH]2)=C1. The predicted molar refractivity (Wildman–Crippen MR) is 73.2 cm³/mol. The van der Waals surface area contributed by atoms with Crippen molar-refractivity contribution in [2.24, 2.45) is 4.99 Å². The summed E-state index contributed by atoms with van der Waals surface area (Å²) in [6.07, 6.45) is 4.49. The quantitative estimate of drug-likeness (QED) is 0.927. The number of aliphatic imine (C=N–C) groups is 1. The van der Waals surface area contributed by atoms with Gasteiger partial charge in [0.05, 0.1) is 18.1 Å². The smallest absolute Gasteiger partial charge is 0.199 e. The molecule has 1 aliphatic rings. The molecule has 0 fully saturated rings. The fraction of sp³-hybridized carbons (Fsp3) is 0. The Bertz CT molecular complexity index is 668. The number of H-pyrrole nitrogens is 1. The maximum atomic E-state index is 11.1. The molecule has 0 bridgehead atoms. The van der Waals surface area contributed by atoms with Gasteiger partial charge in [-0.25, -0.2) is 9.98 Å². The summed E-state index contributed by atoms with van der Waals surface area (Å²) in [4.78, 5) is 22.4. The van der Waals surface area contributed by atoms with E-state index in [0.29, 0.717) is 11.5 Å². The summed E-state index contributed by atoms with van der Waals surface area (Å²) in [5, 5.41) is 0. The highest BCUT2D eigenvalue weighted by atomic mass is 79.9. The maximum Gasteiger partial charge on any atom is 0.199 e. The molecule has 0 amide bonds. The van der Waals surface area contributed by atoms with E-state index in [1.807, 2.05) is 24.3 Å². The average molecular weight is 302 g/mol. The lowest BCUT2D eigenvalue weighted by molar-refractivity contribution is -0.108. The number of benzene rings is 1. The van der Waals surface area contributed by atoms with Crippen LogP contribution in [-0.4, -0.2) is 22.0 Å². The second kappa shape index (κ2) is 4.34. The number of carbonyl (C=O) groups excluding carboxylic acids is 1. The lowest BCUT2D eigenvalue weighted by Gasteiger charge is -1.97. The zero-order valence-electron chi connectivity index (χ0n) is 9.22. The normalized spacial score (nSPS) is 14.1. The second-order valence-electron chi connectivity index (χ2n) is 3.84. The Hall–Kier alpha value is -2.01. The summed E-state index contributed by atoms with van der Waals surface area (Å²) in [6.45, 7) is 0. The highest BCUT2D eigenvalue weighted by Gasteiger charge is 2.12. The van der Waals surface area contributed by atoms with Crippen LogP contribution in [0.3, 0.4) is 0 Å². The van der Waals surface area contributed by atoms with Crippen LogP contribution in [0.25, 0.3) is 17.0 Å². The molecule has 2 heterocycles. The topological polar surface area (TPSA) is 58.1 Å². The Morgan fingerprint density at radius 2 is 1.94 bits per heavy atom. The number of aromatic amines is 1. The first-order chi connectivity index (χ1) is 8.72. The number of ketones is 1. The number of allylic oxidation sites excluding steroid dienone is 1. The maximum absolute atomic E-state index is 11.1. The molecule has 1 aromatic heterocycles. The zero-order valence-corrected chi connectivity index (χ0v) is 10.8. The van der Waals surface area contributed by atoms with E-state index in [2.05, 4.69) is 30.9 Å². The highest BCUT2D eigenvalue weighted by Crippen LogP contribution is 2.23. The van der Waals surface area contributed by atoms with Gasteiger partial charge in [0.2, 0.25) is 0 Å². The van der Waals surface area contributed by atoms with Gasteiger partial charge in [-0.2, -0.15) is 0 Å². The Morgan fingerprint density at radius 1 is 1.17 bits per heavy atom. The minimum absolute atomic E-state index is 0.105. The molecule has 0 saturated heterocycles. The third-order valence-electron chi connectivity index (χ3n) is 2.58. The summed E-state index contributed by atoms with van der Waals surface area (Å²) in [7, 11) is 0. The van der Waals surface area contributed by atoms with E-state index < -0.39 is 0 Å². The van der Waals surface area contributed by atoms with Crippen LogP contribution in [-0.2, 0) is 4.79 Å². The van der Waals surface area contributed by atoms with Crippen molar-refractivity contribution in [2.45, 2.75) is 0 Å². The van der Waals surface area contributed by atoms with Crippen LogP contribution in [0.15, 0.2) is 46.0 Å². The fourth-order valence-electron chi connectivity index (χ4n) is 1.70. The summed E-state index contributed by atoms with van der Waals surface area (Å²) < 4.78 is 1.03. The van der Waals surface area contributed by atoms with Crippen LogP contribution >= 0.6 is 15.9 Å². The third kappa shape index (κ3) is 2.04. The van der Waals surface area contributed by atoms with Crippen molar-refractivity contribution in [2.75, 3.05) is 0 Å². The van der Waals surface area contributed by atoms with E-state index in [1.165, 1.54) is 12.3 Å². The van der Waals surface area contributed by atoms with Crippen molar-refractivity contribution in [1.82, 2.24) is 9.97 Å². The molecule has 5 heteroatoms. The molecule has 18 heavy (non-hydrogen) atoms. The van der Waals surface area contributed by atoms with Gasteiger partial charge in [-0.1, -0.05) is 28.1 Å². The molecule has 0 spiro atoms. The summed E-state index contributed by atoms with van der Waals surface area (Å²) in [5.74, 6) is 0.501. The van der Waals surface area contributed by atoms with Gasteiger partial charge in [0, 0.05) is 10.5 Å². The number of imidazole rings is 1. The van der Waals surface area contributed by atoms with E-state index in [1.54, 1.807) is 6.20 Å². The lowest BCUT2D eigenvalue weighted by Crippen LogP contribution is -1.86. The molecule has 0 atom stereocenters. The standard InChI is InChI=1S/C13H8BrN3O/c14-9-3-1-8(2-4-9)12-7-16-13(17-12)11-5-10(18)6-15-11/h1-7H,(H,16,17). The van der Waals surface area contributed by atoms with Crippen LogP contribution < -0.4 is 0 Å². The first-order valence-electron chi connectivity index (χ1n) is 5.33. The van der Waals surface area contributed by atoms with Gasteiger partial charge in [-0.3, -0.25) is 4.79 Å². The molecule has 0 unspecified atom stereocenters. The van der Waals surface area contributed by atoms with E-state index in [9.17, 15) is 4.79 Å². The molecule has 1 aromatic carbocycles. The number of hydrogen-bond acceptors (Lipinski definition) is 3. The van der Waals surface area contributed by atoms with Gasteiger partial charge in [0.1, 0.15) is 5.70 Å². The molecule has 88 valence electrons. The molecule has 0 radical (unpaired) electrons.